The number of aromatic nitrogens is 2. The molecule has 4 aromatic rings. The van der Waals surface area contributed by atoms with Gasteiger partial charge in [-0.2, -0.15) is 0 Å². The molecule has 0 atom stereocenters. The van der Waals surface area contributed by atoms with E-state index in [9.17, 15) is 9.59 Å². The first kappa shape index (κ1) is 23.8. The number of aryl methyl sites for hydroxylation is 2. The third-order valence-electron chi connectivity index (χ3n) is 5.00. The lowest BCUT2D eigenvalue weighted by molar-refractivity contribution is -0.113. The van der Waals surface area contributed by atoms with E-state index >= 15 is 0 Å². The first-order valence-corrected chi connectivity index (χ1v) is 12.9. The summed E-state index contributed by atoms with van der Waals surface area (Å²) in [5, 5.41) is 4.79. The van der Waals surface area contributed by atoms with Crippen LogP contribution in [0.5, 0.6) is 0 Å². The van der Waals surface area contributed by atoms with E-state index in [1.165, 1.54) is 16.6 Å². The summed E-state index contributed by atoms with van der Waals surface area (Å²) in [5.74, 6) is -0.178. The van der Waals surface area contributed by atoms with Gasteiger partial charge in [-0.3, -0.25) is 14.2 Å². The number of thioether (sulfide) groups is 1. The summed E-state index contributed by atoms with van der Waals surface area (Å²) in [5.41, 5.74) is 2.10. The van der Waals surface area contributed by atoms with Crippen molar-refractivity contribution < 1.29 is 4.79 Å². The number of nitrogens with zero attached hydrogens (tertiary/aromatic N) is 2. The standard InChI is InChI=1S/C24H21Cl2N3O2S2/c1-3-7-19-14(2)21-22(33-19)28-24(29(23(21)31)18-8-5-4-6-9-18)32-13-20(30)27-17-11-15(25)10-16(26)12-17/h4-6,8-12H,3,7,13H2,1-2H3,(H,27,30). The Morgan fingerprint density at radius 1 is 1.15 bits per heavy atom. The molecule has 2 aromatic heterocycles. The molecule has 0 aliphatic carbocycles. The molecule has 2 heterocycles. The molecule has 1 N–H and O–H groups in total. The largest absolute Gasteiger partial charge is 0.325 e. The van der Waals surface area contributed by atoms with Crippen molar-refractivity contribution in [1.82, 2.24) is 9.55 Å². The van der Waals surface area contributed by atoms with Crippen LogP contribution in [0.15, 0.2) is 58.5 Å². The first-order valence-electron chi connectivity index (χ1n) is 10.4. The van der Waals surface area contributed by atoms with Crippen molar-refractivity contribution in [1.29, 1.82) is 0 Å². The van der Waals surface area contributed by atoms with Crippen molar-refractivity contribution in [2.45, 2.75) is 31.8 Å². The lowest BCUT2D eigenvalue weighted by atomic mass is 10.1. The Bertz CT molecular complexity index is 1360. The quantitative estimate of drug-likeness (QED) is 0.217. The predicted octanol–water partition coefficient (Wildman–Crippen LogP) is 6.75. The first-order chi connectivity index (χ1) is 15.9. The Kier molecular flexibility index (Phi) is 7.44. The van der Waals surface area contributed by atoms with Crippen molar-refractivity contribution in [2.24, 2.45) is 0 Å². The Labute approximate surface area is 209 Å². The van der Waals surface area contributed by atoms with Gasteiger partial charge in [-0.05, 0) is 49.2 Å². The second kappa shape index (κ2) is 10.3. The molecule has 170 valence electrons. The van der Waals surface area contributed by atoms with Crippen molar-refractivity contribution in [3.8, 4) is 5.69 Å². The fourth-order valence-corrected chi connectivity index (χ4v) is 6.19. The average Bonchev–Trinajstić information content (AvgIpc) is 3.08. The average molecular weight is 518 g/mol. The van der Waals surface area contributed by atoms with E-state index in [4.69, 9.17) is 28.2 Å². The number of amides is 1. The number of halogens is 2. The van der Waals surface area contributed by atoms with Gasteiger partial charge in [0.05, 0.1) is 16.8 Å². The summed E-state index contributed by atoms with van der Waals surface area (Å²) in [6.45, 7) is 4.10. The van der Waals surface area contributed by atoms with E-state index < -0.39 is 0 Å². The van der Waals surface area contributed by atoms with Crippen LogP contribution in [0.3, 0.4) is 0 Å². The molecule has 0 saturated carbocycles. The Hall–Kier alpha value is -2.32. The summed E-state index contributed by atoms with van der Waals surface area (Å²) in [4.78, 5) is 32.9. The third-order valence-corrected chi connectivity index (χ3v) is 7.62. The maximum absolute atomic E-state index is 13.6. The molecular weight excluding hydrogens is 497 g/mol. The van der Waals surface area contributed by atoms with Crippen LogP contribution in [0.25, 0.3) is 15.9 Å². The molecule has 4 rings (SSSR count). The number of nitrogens with one attached hydrogen (secondary N) is 1. The van der Waals surface area contributed by atoms with Crippen LogP contribution in [0, 0.1) is 6.92 Å². The van der Waals surface area contributed by atoms with Crippen molar-refractivity contribution in [2.75, 3.05) is 11.1 Å². The molecule has 0 saturated heterocycles. The smallest absolute Gasteiger partial charge is 0.267 e. The van der Waals surface area contributed by atoms with Gasteiger partial charge in [-0.25, -0.2) is 4.98 Å². The Morgan fingerprint density at radius 3 is 2.52 bits per heavy atom. The number of carbonyl (C=O) groups excluding carboxylic acids is 1. The van der Waals surface area contributed by atoms with Gasteiger partial charge >= 0.3 is 0 Å². The van der Waals surface area contributed by atoms with Crippen molar-refractivity contribution >= 4 is 68.1 Å². The number of rotatable bonds is 7. The molecule has 2 aromatic carbocycles. The molecule has 9 heteroatoms. The number of carbonyl (C=O) groups is 1. The summed E-state index contributed by atoms with van der Waals surface area (Å²) in [6.07, 6.45) is 1.90. The minimum Gasteiger partial charge on any atom is -0.325 e. The molecule has 1 amide bonds. The molecule has 0 aliphatic heterocycles. The van der Waals surface area contributed by atoms with Gasteiger partial charge in [0.2, 0.25) is 5.91 Å². The number of benzene rings is 2. The number of fused-ring (bicyclic) bond motifs is 1. The zero-order chi connectivity index (χ0) is 23.5. The number of hydrogen-bond donors (Lipinski definition) is 1. The van der Waals surface area contributed by atoms with Crippen LogP contribution in [0.2, 0.25) is 10.0 Å². The van der Waals surface area contributed by atoms with E-state index in [0.29, 0.717) is 36.8 Å². The van der Waals surface area contributed by atoms with Crippen LogP contribution in [0.1, 0.15) is 23.8 Å². The third kappa shape index (κ3) is 5.27. The summed E-state index contributed by atoms with van der Waals surface area (Å²) in [7, 11) is 0. The second-order valence-corrected chi connectivity index (χ2v) is 10.3. The molecule has 33 heavy (non-hydrogen) atoms. The summed E-state index contributed by atoms with van der Waals surface area (Å²) in [6, 6.07) is 14.2. The summed E-state index contributed by atoms with van der Waals surface area (Å²) < 4.78 is 1.59. The SMILES string of the molecule is CCCc1sc2nc(SCC(=O)Nc3cc(Cl)cc(Cl)c3)n(-c3ccccc3)c(=O)c2c1C. The van der Waals surface area contributed by atoms with Gasteiger partial charge in [0, 0.05) is 20.6 Å². The van der Waals surface area contributed by atoms with Crippen LogP contribution < -0.4 is 10.9 Å². The van der Waals surface area contributed by atoms with Crippen LogP contribution >= 0.6 is 46.3 Å². The molecule has 0 bridgehead atoms. The van der Waals surface area contributed by atoms with Crippen LogP contribution in [0.4, 0.5) is 5.69 Å². The molecule has 0 spiro atoms. The highest BCUT2D eigenvalue weighted by Gasteiger charge is 2.19. The van der Waals surface area contributed by atoms with E-state index in [1.807, 2.05) is 37.3 Å². The van der Waals surface area contributed by atoms with Gasteiger partial charge in [0.25, 0.3) is 5.56 Å². The second-order valence-electron chi connectivity index (χ2n) is 7.45. The van der Waals surface area contributed by atoms with Crippen LogP contribution in [-0.4, -0.2) is 21.2 Å². The van der Waals surface area contributed by atoms with E-state index in [1.54, 1.807) is 34.1 Å². The molecule has 0 fully saturated rings. The highest BCUT2D eigenvalue weighted by Crippen LogP contribution is 2.31. The fraction of sp³-hybridized carbons (Fsp3) is 0.208. The topological polar surface area (TPSA) is 64.0 Å². The van der Waals surface area contributed by atoms with Gasteiger partial charge in [-0.15, -0.1) is 11.3 Å². The zero-order valence-corrected chi connectivity index (χ0v) is 21.2. The monoisotopic (exact) mass is 517 g/mol. The Morgan fingerprint density at radius 2 is 1.85 bits per heavy atom. The molecule has 5 nitrogen and oxygen atoms in total. The van der Waals surface area contributed by atoms with Crippen molar-refractivity contribution in [3.63, 3.8) is 0 Å². The normalized spacial score (nSPS) is 11.2. The fourth-order valence-electron chi connectivity index (χ4n) is 3.53. The highest BCUT2D eigenvalue weighted by molar-refractivity contribution is 7.99. The van der Waals surface area contributed by atoms with E-state index in [2.05, 4.69) is 12.2 Å². The van der Waals surface area contributed by atoms with Gasteiger partial charge < -0.3 is 5.32 Å². The van der Waals surface area contributed by atoms with Crippen molar-refractivity contribution in [3.05, 3.63) is 79.4 Å². The predicted molar refractivity (Wildman–Crippen MR) is 140 cm³/mol. The minimum atomic E-state index is -0.249. The van der Waals surface area contributed by atoms with Crippen LogP contribution in [-0.2, 0) is 11.2 Å². The minimum absolute atomic E-state index is 0.0705. The van der Waals surface area contributed by atoms with Gasteiger partial charge in [0.1, 0.15) is 4.83 Å². The maximum Gasteiger partial charge on any atom is 0.267 e. The number of thiophene rings is 1. The van der Waals surface area contributed by atoms with E-state index in [0.717, 1.165) is 18.4 Å². The maximum atomic E-state index is 13.6. The molecule has 0 unspecified atom stereocenters. The lowest BCUT2D eigenvalue weighted by Gasteiger charge is -2.12. The molecule has 0 aliphatic rings. The molecular formula is C24H21Cl2N3O2S2. The van der Waals surface area contributed by atoms with Gasteiger partial charge in [-0.1, -0.05) is 66.5 Å². The zero-order valence-electron chi connectivity index (χ0n) is 18.0. The molecule has 0 radical (unpaired) electrons. The highest BCUT2D eigenvalue weighted by atomic mass is 35.5. The number of para-hydroxylation sites is 1. The lowest BCUT2D eigenvalue weighted by Crippen LogP contribution is -2.22. The Balaban J connectivity index is 1.69. The van der Waals surface area contributed by atoms with E-state index in [-0.39, 0.29) is 17.2 Å². The number of hydrogen-bond acceptors (Lipinski definition) is 5. The summed E-state index contributed by atoms with van der Waals surface area (Å²) >= 11 is 14.8. The van der Waals surface area contributed by atoms with Gasteiger partial charge in [0.15, 0.2) is 5.16 Å². The number of anilines is 1.